The Hall–Kier alpha value is -4.27. The number of hydrogen-bond donors (Lipinski definition) is 0. The molecular weight excluding hydrogens is 418 g/mol. The minimum atomic E-state index is -0.187. The highest BCUT2D eigenvalue weighted by atomic mass is 16.5. The highest BCUT2D eigenvalue weighted by Crippen LogP contribution is 2.23. The summed E-state index contributed by atoms with van der Waals surface area (Å²) >= 11 is 0. The fraction of sp³-hybridized carbons (Fsp3) is 0.208. The van der Waals surface area contributed by atoms with Crippen LogP contribution in [-0.2, 0) is 0 Å². The van der Waals surface area contributed by atoms with Crippen molar-refractivity contribution >= 4 is 11.9 Å². The number of anilines is 1. The Labute approximate surface area is 191 Å². The first kappa shape index (κ1) is 20.6. The molecule has 1 aliphatic rings. The maximum atomic E-state index is 13.3. The average molecular weight is 441 g/mol. The molecule has 2 aromatic carbocycles. The largest absolute Gasteiger partial charge is 0.497 e. The lowest BCUT2D eigenvalue weighted by Crippen LogP contribution is -2.49. The molecule has 9 nitrogen and oxygen atoms in total. The third-order valence-electron chi connectivity index (χ3n) is 5.55. The summed E-state index contributed by atoms with van der Waals surface area (Å²) in [6.45, 7) is 2.41. The van der Waals surface area contributed by atoms with Crippen LogP contribution in [0.5, 0.6) is 5.75 Å². The Morgan fingerprint density at radius 3 is 2.24 bits per heavy atom. The monoisotopic (exact) mass is 441 g/mol. The Kier molecular flexibility index (Phi) is 5.67. The molecule has 9 heteroatoms. The van der Waals surface area contributed by atoms with Gasteiger partial charge in [-0.3, -0.25) is 4.79 Å². The number of carbonyl (C=O) groups excluding carboxylic acids is 1. The summed E-state index contributed by atoms with van der Waals surface area (Å²) in [5.74, 6) is 2.03. The van der Waals surface area contributed by atoms with E-state index in [4.69, 9.17) is 4.74 Å². The van der Waals surface area contributed by atoms with Crippen LogP contribution >= 0.6 is 0 Å². The zero-order chi connectivity index (χ0) is 22.6. The summed E-state index contributed by atoms with van der Waals surface area (Å²) < 4.78 is 6.97. The SMILES string of the molecule is COc1ccc(-n2nc(C(=O)N3CCN(c4ncccn4)CC3)nc2-c2ccccc2)cc1. The molecule has 1 saturated heterocycles. The van der Waals surface area contributed by atoms with Crippen LogP contribution in [0.25, 0.3) is 17.1 Å². The van der Waals surface area contributed by atoms with E-state index in [1.807, 2.05) is 54.6 Å². The lowest BCUT2D eigenvalue weighted by atomic mass is 10.2. The van der Waals surface area contributed by atoms with Gasteiger partial charge in [0.05, 0.1) is 12.8 Å². The van der Waals surface area contributed by atoms with Gasteiger partial charge in [-0.1, -0.05) is 30.3 Å². The molecule has 1 amide bonds. The van der Waals surface area contributed by atoms with Crippen molar-refractivity contribution in [2.24, 2.45) is 0 Å². The predicted molar refractivity (Wildman–Crippen MR) is 123 cm³/mol. The minimum absolute atomic E-state index is 0.175. The molecule has 0 N–H and O–H groups in total. The number of carbonyl (C=O) groups is 1. The first-order valence-corrected chi connectivity index (χ1v) is 10.7. The van der Waals surface area contributed by atoms with Gasteiger partial charge in [0.1, 0.15) is 5.75 Å². The first-order chi connectivity index (χ1) is 16.2. The third-order valence-corrected chi connectivity index (χ3v) is 5.55. The van der Waals surface area contributed by atoms with E-state index >= 15 is 0 Å². The second-order valence-corrected chi connectivity index (χ2v) is 7.56. The molecule has 0 radical (unpaired) electrons. The Bertz CT molecular complexity index is 1220. The van der Waals surface area contributed by atoms with Crippen molar-refractivity contribution in [1.82, 2.24) is 29.6 Å². The highest BCUT2D eigenvalue weighted by Gasteiger charge is 2.27. The molecule has 1 aliphatic heterocycles. The van der Waals surface area contributed by atoms with Crippen LogP contribution in [0.15, 0.2) is 73.1 Å². The van der Waals surface area contributed by atoms with Crippen molar-refractivity contribution in [3.8, 4) is 22.8 Å². The lowest BCUT2D eigenvalue weighted by molar-refractivity contribution is 0.0734. The standard InChI is InChI=1S/C24H23N7O2/c1-33-20-10-8-19(9-11-20)31-22(18-6-3-2-4-7-18)27-21(28-31)23(32)29-14-16-30(17-15-29)24-25-12-5-13-26-24/h2-13H,14-17H2,1H3. The number of methoxy groups -OCH3 is 1. The molecule has 4 aromatic rings. The number of aromatic nitrogens is 5. The third kappa shape index (κ3) is 4.25. The highest BCUT2D eigenvalue weighted by molar-refractivity contribution is 5.91. The molecule has 5 rings (SSSR count). The molecule has 0 unspecified atom stereocenters. The molecule has 0 saturated carbocycles. The fourth-order valence-corrected chi connectivity index (χ4v) is 3.79. The fourth-order valence-electron chi connectivity index (χ4n) is 3.79. The molecule has 0 bridgehead atoms. The molecule has 0 atom stereocenters. The van der Waals surface area contributed by atoms with Gasteiger partial charge in [0.15, 0.2) is 5.82 Å². The van der Waals surface area contributed by atoms with Gasteiger partial charge in [0.2, 0.25) is 11.8 Å². The van der Waals surface area contributed by atoms with E-state index in [9.17, 15) is 4.79 Å². The molecular formula is C24H23N7O2. The lowest BCUT2D eigenvalue weighted by Gasteiger charge is -2.34. The average Bonchev–Trinajstić information content (AvgIpc) is 3.35. The number of ether oxygens (including phenoxy) is 1. The van der Waals surface area contributed by atoms with Gasteiger partial charge in [-0.2, -0.15) is 0 Å². The van der Waals surface area contributed by atoms with Gasteiger partial charge in [-0.25, -0.2) is 19.6 Å². The van der Waals surface area contributed by atoms with Crippen molar-refractivity contribution in [1.29, 1.82) is 0 Å². The van der Waals surface area contributed by atoms with Gasteiger partial charge < -0.3 is 14.5 Å². The summed E-state index contributed by atoms with van der Waals surface area (Å²) in [6.07, 6.45) is 3.45. The van der Waals surface area contributed by atoms with Crippen LogP contribution < -0.4 is 9.64 Å². The van der Waals surface area contributed by atoms with Gasteiger partial charge in [0.25, 0.3) is 5.91 Å². The van der Waals surface area contributed by atoms with Crippen molar-refractivity contribution < 1.29 is 9.53 Å². The quantitative estimate of drug-likeness (QED) is 0.470. The Morgan fingerprint density at radius 1 is 0.879 bits per heavy atom. The smallest absolute Gasteiger partial charge is 0.293 e. The van der Waals surface area contributed by atoms with E-state index in [1.165, 1.54) is 0 Å². The van der Waals surface area contributed by atoms with E-state index < -0.39 is 0 Å². The molecule has 166 valence electrons. The van der Waals surface area contributed by atoms with Crippen LogP contribution in [0.4, 0.5) is 5.95 Å². The van der Waals surface area contributed by atoms with Crippen molar-refractivity contribution in [2.45, 2.75) is 0 Å². The van der Waals surface area contributed by atoms with E-state index in [0.29, 0.717) is 38.0 Å². The maximum absolute atomic E-state index is 13.3. The number of amides is 1. The molecule has 1 fully saturated rings. The molecule has 3 heterocycles. The number of hydrogen-bond acceptors (Lipinski definition) is 7. The zero-order valence-corrected chi connectivity index (χ0v) is 18.2. The van der Waals surface area contributed by atoms with Crippen molar-refractivity contribution in [3.05, 3.63) is 78.9 Å². The molecule has 0 spiro atoms. The summed E-state index contributed by atoms with van der Waals surface area (Å²) in [5, 5.41) is 4.60. The number of piperazine rings is 1. The summed E-state index contributed by atoms with van der Waals surface area (Å²) in [4.78, 5) is 30.4. The second kappa shape index (κ2) is 9.07. The Morgan fingerprint density at radius 2 is 1.58 bits per heavy atom. The van der Waals surface area contributed by atoms with Gasteiger partial charge in [-0.15, -0.1) is 5.10 Å². The van der Waals surface area contributed by atoms with Crippen LogP contribution in [0, 0.1) is 0 Å². The van der Waals surface area contributed by atoms with E-state index in [2.05, 4.69) is 25.0 Å². The van der Waals surface area contributed by atoms with Crippen LogP contribution in [0.1, 0.15) is 10.6 Å². The van der Waals surface area contributed by atoms with E-state index in [0.717, 1.165) is 17.0 Å². The Balaban J connectivity index is 1.41. The first-order valence-electron chi connectivity index (χ1n) is 10.7. The number of rotatable bonds is 5. The van der Waals surface area contributed by atoms with Crippen molar-refractivity contribution in [3.63, 3.8) is 0 Å². The van der Waals surface area contributed by atoms with Crippen LogP contribution in [0.3, 0.4) is 0 Å². The number of benzene rings is 2. The van der Waals surface area contributed by atoms with Crippen LogP contribution in [-0.4, -0.2) is 68.8 Å². The zero-order valence-electron chi connectivity index (χ0n) is 18.2. The topological polar surface area (TPSA) is 89.3 Å². The number of nitrogens with zero attached hydrogens (tertiary/aromatic N) is 7. The van der Waals surface area contributed by atoms with Crippen LogP contribution in [0.2, 0.25) is 0 Å². The van der Waals surface area contributed by atoms with Gasteiger partial charge in [-0.05, 0) is 30.3 Å². The normalized spacial score (nSPS) is 13.7. The molecule has 2 aromatic heterocycles. The maximum Gasteiger partial charge on any atom is 0.293 e. The predicted octanol–water partition coefficient (Wildman–Crippen LogP) is 2.70. The summed E-state index contributed by atoms with van der Waals surface area (Å²) in [5.41, 5.74) is 1.68. The minimum Gasteiger partial charge on any atom is -0.497 e. The second-order valence-electron chi connectivity index (χ2n) is 7.56. The van der Waals surface area contributed by atoms with Gasteiger partial charge in [0, 0.05) is 44.1 Å². The summed E-state index contributed by atoms with van der Waals surface area (Å²) in [7, 11) is 1.63. The molecule has 33 heavy (non-hydrogen) atoms. The summed E-state index contributed by atoms with van der Waals surface area (Å²) in [6, 6.07) is 19.0. The van der Waals surface area contributed by atoms with E-state index in [-0.39, 0.29) is 11.7 Å². The van der Waals surface area contributed by atoms with E-state index in [1.54, 1.807) is 35.2 Å². The van der Waals surface area contributed by atoms with Gasteiger partial charge >= 0.3 is 0 Å². The van der Waals surface area contributed by atoms with Crippen molar-refractivity contribution in [2.75, 3.05) is 38.2 Å². The molecule has 0 aliphatic carbocycles.